The highest BCUT2D eigenvalue weighted by Gasteiger charge is 2.42. The predicted molar refractivity (Wildman–Crippen MR) is 240 cm³/mol. The molecule has 0 aliphatic heterocycles. The van der Waals surface area contributed by atoms with Crippen LogP contribution in [0.4, 0.5) is 0 Å². The molecule has 0 fully saturated rings. The molecule has 268 valence electrons. The summed E-state index contributed by atoms with van der Waals surface area (Å²) >= 11 is 1.86. The molecule has 1 atom stereocenters. The number of benzene rings is 8. The summed E-state index contributed by atoms with van der Waals surface area (Å²) in [4.78, 5) is 10.5. The van der Waals surface area contributed by atoms with Crippen molar-refractivity contribution >= 4 is 31.5 Å². The summed E-state index contributed by atoms with van der Waals surface area (Å²) in [5, 5.41) is 2.60. The van der Waals surface area contributed by atoms with Crippen LogP contribution in [0.3, 0.4) is 0 Å². The predicted octanol–water partition coefficient (Wildman–Crippen LogP) is 14.5. The third kappa shape index (κ3) is 5.46. The molecule has 57 heavy (non-hydrogen) atoms. The first-order valence-corrected chi connectivity index (χ1v) is 20.3. The molecule has 0 saturated carbocycles. The summed E-state index contributed by atoms with van der Waals surface area (Å²) < 4.78 is 2.61. The Balaban J connectivity index is 1.06. The van der Waals surface area contributed by atoms with Gasteiger partial charge in [0.05, 0.1) is 11.4 Å². The zero-order valence-electron chi connectivity index (χ0n) is 31.4. The van der Waals surface area contributed by atoms with Crippen LogP contribution in [-0.2, 0) is 5.41 Å². The van der Waals surface area contributed by atoms with E-state index in [0.29, 0.717) is 5.82 Å². The number of rotatable bonds is 6. The molecule has 0 radical (unpaired) electrons. The Hall–Kier alpha value is -6.94. The van der Waals surface area contributed by atoms with E-state index < -0.39 is 0 Å². The van der Waals surface area contributed by atoms with Gasteiger partial charge in [-0.3, -0.25) is 0 Å². The topological polar surface area (TPSA) is 25.8 Å². The number of thiophene rings is 1. The fourth-order valence-electron chi connectivity index (χ4n) is 9.04. The number of hydrogen-bond donors (Lipinski definition) is 0. The first-order valence-electron chi connectivity index (χ1n) is 19.5. The first-order chi connectivity index (χ1) is 28.1. The Bertz CT molecular complexity index is 3140. The molecule has 1 unspecified atom stereocenters. The standard InChI is InChI=1S/C54H36N2S/c1-54(40-22-6-3-7-23-40)47-30-10-8-24-43(47)45-28-14-26-41(51(45)54)36-18-12-20-38(32-36)48-34-49(56-53(55-48)35-16-4-2-5-17-35)39-21-13-19-37(33-39)42-27-15-29-46-44-25-9-11-31-50(44)57-52(42)46/h2-34H,1H3. The summed E-state index contributed by atoms with van der Waals surface area (Å²) in [6, 6.07) is 72.2. The van der Waals surface area contributed by atoms with E-state index in [1.807, 2.05) is 17.4 Å². The van der Waals surface area contributed by atoms with E-state index in [-0.39, 0.29) is 5.41 Å². The Labute approximate surface area is 336 Å². The van der Waals surface area contributed by atoms with Crippen molar-refractivity contribution in [2.24, 2.45) is 0 Å². The van der Waals surface area contributed by atoms with Gasteiger partial charge in [0.15, 0.2) is 5.82 Å². The van der Waals surface area contributed by atoms with Crippen LogP contribution in [0.1, 0.15) is 23.6 Å². The zero-order chi connectivity index (χ0) is 37.9. The van der Waals surface area contributed by atoms with Crippen LogP contribution in [-0.4, -0.2) is 9.97 Å². The smallest absolute Gasteiger partial charge is 0.160 e. The minimum Gasteiger partial charge on any atom is -0.228 e. The van der Waals surface area contributed by atoms with Gasteiger partial charge in [-0.15, -0.1) is 11.3 Å². The molecule has 0 amide bonds. The molecule has 0 N–H and O–H groups in total. The molecule has 0 bridgehead atoms. The Kier molecular flexibility index (Phi) is 7.84. The molecule has 2 aromatic heterocycles. The maximum atomic E-state index is 5.25. The van der Waals surface area contributed by atoms with Gasteiger partial charge in [-0.25, -0.2) is 9.97 Å². The first kappa shape index (κ1) is 33.4. The van der Waals surface area contributed by atoms with Crippen molar-refractivity contribution in [2.75, 3.05) is 0 Å². The van der Waals surface area contributed by atoms with E-state index in [0.717, 1.165) is 28.1 Å². The molecule has 0 saturated heterocycles. The molecular weight excluding hydrogens is 709 g/mol. The van der Waals surface area contributed by atoms with E-state index in [9.17, 15) is 0 Å². The van der Waals surface area contributed by atoms with Gasteiger partial charge in [0, 0.05) is 42.3 Å². The molecule has 10 aromatic rings. The maximum Gasteiger partial charge on any atom is 0.160 e. The van der Waals surface area contributed by atoms with Crippen LogP contribution in [0.2, 0.25) is 0 Å². The second-order valence-corrected chi connectivity index (χ2v) is 16.1. The molecule has 1 aliphatic rings. The van der Waals surface area contributed by atoms with Crippen LogP contribution in [0.25, 0.3) is 87.5 Å². The summed E-state index contributed by atoms with van der Waals surface area (Å²) in [7, 11) is 0. The van der Waals surface area contributed by atoms with Crippen molar-refractivity contribution in [3.63, 3.8) is 0 Å². The third-order valence-corrected chi connectivity index (χ3v) is 13.0. The highest BCUT2D eigenvalue weighted by atomic mass is 32.1. The summed E-state index contributed by atoms with van der Waals surface area (Å²) in [5.74, 6) is 0.707. The van der Waals surface area contributed by atoms with Crippen LogP contribution in [0.5, 0.6) is 0 Å². The maximum absolute atomic E-state index is 5.25. The van der Waals surface area contributed by atoms with Gasteiger partial charge in [-0.05, 0) is 81.3 Å². The average molecular weight is 745 g/mol. The van der Waals surface area contributed by atoms with Crippen molar-refractivity contribution in [1.82, 2.24) is 9.97 Å². The van der Waals surface area contributed by atoms with E-state index >= 15 is 0 Å². The summed E-state index contributed by atoms with van der Waals surface area (Å²) in [6.07, 6.45) is 0. The van der Waals surface area contributed by atoms with Gasteiger partial charge < -0.3 is 0 Å². The lowest BCUT2D eigenvalue weighted by molar-refractivity contribution is 0.716. The number of fused-ring (bicyclic) bond motifs is 6. The lowest BCUT2D eigenvalue weighted by Crippen LogP contribution is -2.23. The third-order valence-electron chi connectivity index (χ3n) is 11.8. The number of aromatic nitrogens is 2. The zero-order valence-corrected chi connectivity index (χ0v) is 32.2. The highest BCUT2D eigenvalue weighted by Crippen LogP contribution is 2.55. The monoisotopic (exact) mass is 744 g/mol. The molecule has 0 spiro atoms. The van der Waals surface area contributed by atoms with Crippen molar-refractivity contribution in [1.29, 1.82) is 0 Å². The van der Waals surface area contributed by atoms with Gasteiger partial charge in [0.25, 0.3) is 0 Å². The van der Waals surface area contributed by atoms with Crippen molar-refractivity contribution in [2.45, 2.75) is 12.3 Å². The van der Waals surface area contributed by atoms with E-state index in [2.05, 4.69) is 201 Å². The van der Waals surface area contributed by atoms with E-state index in [1.165, 1.54) is 70.2 Å². The van der Waals surface area contributed by atoms with Crippen molar-refractivity contribution in [3.05, 3.63) is 217 Å². The van der Waals surface area contributed by atoms with Gasteiger partial charge in [0.1, 0.15) is 0 Å². The molecule has 2 heterocycles. The normalized spacial score (nSPS) is 14.5. The second kappa shape index (κ2) is 13.4. The average Bonchev–Trinajstić information content (AvgIpc) is 3.80. The SMILES string of the molecule is CC1(c2ccccc2)c2ccccc2-c2cccc(-c3cccc(-c4cc(-c5cccc(-c6cccc7c6sc6ccccc67)c5)nc(-c5ccccc5)n4)c3)c21. The number of nitrogens with zero attached hydrogens (tertiary/aromatic N) is 2. The van der Waals surface area contributed by atoms with Gasteiger partial charge in [-0.2, -0.15) is 0 Å². The summed E-state index contributed by atoms with van der Waals surface area (Å²) in [6.45, 7) is 2.39. The molecule has 11 rings (SSSR count). The largest absolute Gasteiger partial charge is 0.228 e. The lowest BCUT2D eigenvalue weighted by atomic mass is 9.72. The Morgan fingerprint density at radius 3 is 1.70 bits per heavy atom. The van der Waals surface area contributed by atoms with Crippen molar-refractivity contribution in [3.8, 4) is 67.3 Å². The quantitative estimate of drug-likeness (QED) is 0.169. The molecule has 8 aromatic carbocycles. The molecule has 3 heteroatoms. The molecule has 2 nitrogen and oxygen atoms in total. The summed E-state index contributed by atoms with van der Waals surface area (Å²) in [5.41, 5.74) is 15.9. The van der Waals surface area contributed by atoms with Crippen molar-refractivity contribution < 1.29 is 0 Å². The lowest BCUT2D eigenvalue weighted by Gasteiger charge is -2.30. The van der Waals surface area contributed by atoms with Crippen LogP contribution >= 0.6 is 11.3 Å². The van der Waals surface area contributed by atoms with Gasteiger partial charge in [0.2, 0.25) is 0 Å². The van der Waals surface area contributed by atoms with E-state index in [4.69, 9.17) is 9.97 Å². The highest BCUT2D eigenvalue weighted by molar-refractivity contribution is 7.26. The molecule has 1 aliphatic carbocycles. The van der Waals surface area contributed by atoms with Gasteiger partial charge in [-0.1, -0.05) is 176 Å². The van der Waals surface area contributed by atoms with Crippen LogP contribution in [0, 0.1) is 0 Å². The Morgan fingerprint density at radius 2 is 0.930 bits per heavy atom. The number of hydrogen-bond acceptors (Lipinski definition) is 3. The Morgan fingerprint density at radius 1 is 0.404 bits per heavy atom. The fraction of sp³-hybridized carbons (Fsp3) is 0.0370. The molecular formula is C54H36N2S. The van der Waals surface area contributed by atoms with E-state index in [1.54, 1.807) is 0 Å². The fourth-order valence-corrected chi connectivity index (χ4v) is 10.3. The minimum absolute atomic E-state index is 0.312. The minimum atomic E-state index is -0.312. The second-order valence-electron chi connectivity index (χ2n) is 15.0. The van der Waals surface area contributed by atoms with Crippen LogP contribution < -0.4 is 0 Å². The van der Waals surface area contributed by atoms with Crippen LogP contribution in [0.15, 0.2) is 200 Å². The van der Waals surface area contributed by atoms with Gasteiger partial charge >= 0.3 is 0 Å².